The molecule has 1 atom stereocenters. The number of hydrogen-bond acceptors (Lipinski definition) is 4. The van der Waals surface area contributed by atoms with Crippen LogP contribution in [0.4, 0.5) is 23.2 Å². The molecule has 1 aliphatic heterocycles. The molecule has 28 heavy (non-hydrogen) atoms. The minimum Gasteiger partial charge on any atom is -0.369 e. The van der Waals surface area contributed by atoms with Crippen LogP contribution >= 0.6 is 0 Å². The number of sulfone groups is 1. The van der Waals surface area contributed by atoms with Crippen molar-refractivity contribution in [3.05, 3.63) is 59.7 Å². The average molecular weight is 416 g/mol. The first-order valence-electron chi connectivity index (χ1n) is 8.76. The lowest BCUT2D eigenvalue weighted by Crippen LogP contribution is -2.47. The Hall–Kier alpha value is -2.13. The van der Waals surface area contributed by atoms with Crippen molar-refractivity contribution in [3.8, 4) is 0 Å². The third kappa shape index (κ3) is 4.15. The summed E-state index contributed by atoms with van der Waals surface area (Å²) in [4.78, 5) is 3.66. The zero-order valence-corrected chi connectivity index (χ0v) is 16.0. The molecule has 1 fully saturated rings. The van der Waals surface area contributed by atoms with Gasteiger partial charge in [-0.25, -0.2) is 17.2 Å². The molecular weight excluding hydrogens is 396 g/mol. The van der Waals surface area contributed by atoms with Gasteiger partial charge in [-0.3, -0.25) is 4.90 Å². The highest BCUT2D eigenvalue weighted by molar-refractivity contribution is 7.91. The minimum atomic E-state index is -4.60. The molecule has 0 amide bonds. The van der Waals surface area contributed by atoms with Gasteiger partial charge in [-0.05, 0) is 37.3 Å². The van der Waals surface area contributed by atoms with Gasteiger partial charge < -0.3 is 4.90 Å². The van der Waals surface area contributed by atoms with Crippen LogP contribution in [0.1, 0.15) is 18.5 Å². The van der Waals surface area contributed by atoms with Crippen LogP contribution < -0.4 is 4.90 Å². The van der Waals surface area contributed by atoms with Gasteiger partial charge in [0.05, 0.1) is 4.90 Å². The van der Waals surface area contributed by atoms with E-state index in [2.05, 4.69) is 4.90 Å². The molecule has 1 aliphatic rings. The summed E-state index contributed by atoms with van der Waals surface area (Å²) < 4.78 is 75.3. The Morgan fingerprint density at radius 2 is 1.54 bits per heavy atom. The quantitative estimate of drug-likeness (QED) is 0.695. The summed E-state index contributed by atoms with van der Waals surface area (Å²) in [6.07, 6.45) is 0. The number of benzene rings is 2. The number of hydrogen-bond donors (Lipinski definition) is 0. The van der Waals surface area contributed by atoms with Gasteiger partial charge in [-0.15, -0.1) is 0 Å². The molecule has 3 rings (SSSR count). The van der Waals surface area contributed by atoms with E-state index < -0.39 is 32.1 Å². The maximum absolute atomic E-state index is 14.0. The number of alkyl halides is 2. The summed E-state index contributed by atoms with van der Waals surface area (Å²) in [5.74, 6) is -4.64. The zero-order valence-electron chi connectivity index (χ0n) is 15.2. The molecule has 0 bridgehead atoms. The second-order valence-electron chi connectivity index (χ2n) is 6.66. The first-order valence-corrected chi connectivity index (χ1v) is 10.3. The zero-order chi connectivity index (χ0) is 20.5. The summed E-state index contributed by atoms with van der Waals surface area (Å²) in [7, 11) is -4.60. The first kappa shape index (κ1) is 20.6. The highest BCUT2D eigenvalue weighted by atomic mass is 32.2. The third-order valence-corrected chi connectivity index (χ3v) is 6.44. The number of anilines is 1. The molecule has 1 saturated heterocycles. The minimum absolute atomic E-state index is 0.221. The lowest BCUT2D eigenvalue weighted by Gasteiger charge is -2.39. The molecule has 152 valence electrons. The van der Waals surface area contributed by atoms with Crippen LogP contribution in [-0.2, 0) is 9.84 Å². The maximum Gasteiger partial charge on any atom is 0.341 e. The van der Waals surface area contributed by atoms with Crippen molar-refractivity contribution in [1.82, 2.24) is 4.90 Å². The van der Waals surface area contributed by atoms with E-state index in [0.29, 0.717) is 31.7 Å². The largest absolute Gasteiger partial charge is 0.369 e. The highest BCUT2D eigenvalue weighted by Gasteiger charge is 2.27. The first-order chi connectivity index (χ1) is 13.2. The fourth-order valence-corrected chi connectivity index (χ4v) is 4.08. The maximum atomic E-state index is 14.0. The molecule has 4 nitrogen and oxygen atoms in total. The predicted molar refractivity (Wildman–Crippen MR) is 98.2 cm³/mol. The van der Waals surface area contributed by atoms with Crippen molar-refractivity contribution in [2.45, 2.75) is 23.6 Å². The lowest BCUT2D eigenvalue weighted by atomic mass is 10.1. The van der Waals surface area contributed by atoms with Crippen molar-refractivity contribution < 1.29 is 26.0 Å². The van der Waals surface area contributed by atoms with Crippen LogP contribution in [0, 0.1) is 11.6 Å². The van der Waals surface area contributed by atoms with E-state index in [9.17, 15) is 26.0 Å². The fourth-order valence-electron chi connectivity index (χ4n) is 3.35. The Kier molecular flexibility index (Phi) is 5.95. The van der Waals surface area contributed by atoms with Gasteiger partial charge in [-0.1, -0.05) is 6.07 Å². The highest BCUT2D eigenvalue weighted by Crippen LogP contribution is 2.27. The Morgan fingerprint density at radius 3 is 2.07 bits per heavy atom. The van der Waals surface area contributed by atoms with E-state index in [1.165, 1.54) is 36.4 Å². The SMILES string of the molecule is CC(c1ccc(F)cc1F)N1CCN(c2ccc(S(=O)(=O)C(F)F)cc2)CC1. The lowest BCUT2D eigenvalue weighted by molar-refractivity contribution is 0.195. The topological polar surface area (TPSA) is 40.6 Å². The van der Waals surface area contributed by atoms with Gasteiger partial charge in [-0.2, -0.15) is 8.78 Å². The Bertz CT molecular complexity index is 927. The smallest absolute Gasteiger partial charge is 0.341 e. The van der Waals surface area contributed by atoms with Gasteiger partial charge >= 0.3 is 5.76 Å². The van der Waals surface area contributed by atoms with E-state index in [0.717, 1.165) is 11.8 Å². The van der Waals surface area contributed by atoms with Gasteiger partial charge in [0.2, 0.25) is 9.84 Å². The molecule has 0 saturated carbocycles. The van der Waals surface area contributed by atoms with Crippen molar-refractivity contribution in [3.63, 3.8) is 0 Å². The number of nitrogens with zero attached hydrogens (tertiary/aromatic N) is 2. The third-order valence-electron chi connectivity index (χ3n) is 5.04. The van der Waals surface area contributed by atoms with Gasteiger partial charge in [0.15, 0.2) is 0 Å². The van der Waals surface area contributed by atoms with Crippen molar-refractivity contribution in [2.75, 3.05) is 31.1 Å². The van der Waals surface area contributed by atoms with E-state index in [4.69, 9.17) is 0 Å². The molecular formula is C19H20F4N2O2S. The van der Waals surface area contributed by atoms with Crippen molar-refractivity contribution in [2.24, 2.45) is 0 Å². The van der Waals surface area contributed by atoms with Crippen LogP contribution in [0.15, 0.2) is 47.4 Å². The summed E-state index contributed by atoms with van der Waals surface area (Å²) in [6, 6.07) is 8.71. The average Bonchev–Trinajstić information content (AvgIpc) is 2.67. The van der Waals surface area contributed by atoms with E-state index >= 15 is 0 Å². The van der Waals surface area contributed by atoms with Gasteiger partial charge in [0.1, 0.15) is 11.6 Å². The van der Waals surface area contributed by atoms with Crippen LogP contribution in [0.3, 0.4) is 0 Å². The van der Waals surface area contributed by atoms with Crippen LogP contribution in [0.2, 0.25) is 0 Å². The summed E-state index contributed by atoms with van der Waals surface area (Å²) in [5, 5.41) is 0. The van der Waals surface area contributed by atoms with Crippen LogP contribution in [-0.4, -0.2) is 45.3 Å². The molecule has 0 aliphatic carbocycles. The number of halogens is 4. The molecule has 0 N–H and O–H groups in total. The summed E-state index contributed by atoms with van der Waals surface area (Å²) >= 11 is 0. The number of piperazine rings is 1. The van der Waals surface area contributed by atoms with E-state index in [-0.39, 0.29) is 6.04 Å². The van der Waals surface area contributed by atoms with Crippen LogP contribution in [0.25, 0.3) is 0 Å². The monoisotopic (exact) mass is 416 g/mol. The molecule has 0 spiro atoms. The molecule has 9 heteroatoms. The number of rotatable bonds is 5. The Morgan fingerprint density at radius 1 is 0.929 bits per heavy atom. The molecule has 1 unspecified atom stereocenters. The molecule has 2 aromatic carbocycles. The van der Waals surface area contributed by atoms with E-state index in [1.54, 1.807) is 0 Å². The second kappa shape index (κ2) is 8.08. The van der Waals surface area contributed by atoms with Crippen molar-refractivity contribution >= 4 is 15.5 Å². The molecule has 0 radical (unpaired) electrons. The Balaban J connectivity index is 1.65. The summed E-state index contributed by atoms with van der Waals surface area (Å²) in [6.45, 7) is 4.31. The Labute approximate surface area is 161 Å². The van der Waals surface area contributed by atoms with E-state index in [1.807, 2.05) is 11.8 Å². The molecule has 0 aromatic heterocycles. The van der Waals surface area contributed by atoms with Crippen molar-refractivity contribution in [1.29, 1.82) is 0 Å². The van der Waals surface area contributed by atoms with Gasteiger partial charge in [0, 0.05) is 49.5 Å². The fraction of sp³-hybridized carbons (Fsp3) is 0.368. The molecule has 2 aromatic rings. The standard InChI is InChI=1S/C19H20F4N2O2S/c1-13(17-7-2-14(20)12-18(17)21)24-8-10-25(11-9-24)15-3-5-16(6-4-15)28(26,27)19(22)23/h2-7,12-13,19H,8-11H2,1H3. The predicted octanol–water partition coefficient (Wildman–Crippen LogP) is 3.84. The summed E-state index contributed by atoms with van der Waals surface area (Å²) in [5.41, 5.74) is 1.16. The van der Waals surface area contributed by atoms with Gasteiger partial charge in [0.25, 0.3) is 0 Å². The second-order valence-corrected chi connectivity index (χ2v) is 8.58. The van der Waals surface area contributed by atoms with Crippen LogP contribution in [0.5, 0.6) is 0 Å². The molecule has 1 heterocycles. The normalized spacial score (nSPS) is 17.1.